The van der Waals surface area contributed by atoms with Crippen LogP contribution < -0.4 is 10.9 Å². The minimum atomic E-state index is -0.394. The summed E-state index contributed by atoms with van der Waals surface area (Å²) in [7, 11) is 0. The van der Waals surface area contributed by atoms with Gasteiger partial charge in [-0.3, -0.25) is 9.59 Å². The van der Waals surface area contributed by atoms with Crippen LogP contribution in [0, 0.1) is 5.82 Å². The summed E-state index contributed by atoms with van der Waals surface area (Å²) in [6, 6.07) is 15.2. The Morgan fingerprint density at radius 1 is 1.13 bits per heavy atom. The topological polar surface area (TPSA) is 106 Å². The van der Waals surface area contributed by atoms with Gasteiger partial charge in [0.15, 0.2) is 11.2 Å². The van der Waals surface area contributed by atoms with Crippen LogP contribution in [0.5, 0.6) is 0 Å². The fraction of sp³-hybridized carbons (Fsp3) is 0.150. The molecule has 152 valence electrons. The Balaban J connectivity index is 1.43. The van der Waals surface area contributed by atoms with Crippen LogP contribution in [0.25, 0.3) is 11.2 Å². The molecule has 0 radical (unpaired) electrons. The van der Waals surface area contributed by atoms with E-state index in [4.69, 9.17) is 0 Å². The summed E-state index contributed by atoms with van der Waals surface area (Å²) in [5.74, 6) is 0.511. The Morgan fingerprint density at radius 2 is 1.90 bits per heavy atom. The van der Waals surface area contributed by atoms with Crippen LogP contribution in [0.3, 0.4) is 0 Å². The van der Waals surface area contributed by atoms with Crippen LogP contribution in [0.15, 0.2) is 59.4 Å². The number of thioether (sulfide) groups is 1. The lowest BCUT2D eigenvalue weighted by Crippen LogP contribution is -2.15. The lowest BCUT2D eigenvalue weighted by molar-refractivity contribution is -0.113. The molecule has 2 aromatic carbocycles. The predicted molar refractivity (Wildman–Crippen MR) is 113 cm³/mol. The summed E-state index contributed by atoms with van der Waals surface area (Å²) in [4.78, 5) is 31.5. The molecule has 0 atom stereocenters. The van der Waals surface area contributed by atoms with Crippen molar-refractivity contribution in [2.45, 2.75) is 12.3 Å². The van der Waals surface area contributed by atoms with E-state index in [1.54, 1.807) is 12.1 Å². The molecule has 0 bridgehead atoms. The molecule has 0 saturated carbocycles. The van der Waals surface area contributed by atoms with Crippen molar-refractivity contribution in [3.05, 3.63) is 82.2 Å². The molecule has 4 aromatic rings. The molecule has 0 aliphatic heterocycles. The minimum Gasteiger partial charge on any atom is -0.325 e. The summed E-state index contributed by atoms with van der Waals surface area (Å²) < 4.78 is 14.6. The van der Waals surface area contributed by atoms with Gasteiger partial charge in [-0.2, -0.15) is 0 Å². The fourth-order valence-corrected chi connectivity index (χ4v) is 3.50. The van der Waals surface area contributed by atoms with Gasteiger partial charge >= 0.3 is 0 Å². The molecule has 30 heavy (non-hydrogen) atoms. The maximum atomic E-state index is 13.1. The molecular weight excluding hydrogens is 407 g/mol. The van der Waals surface area contributed by atoms with Gasteiger partial charge in [0, 0.05) is 5.69 Å². The Bertz CT molecular complexity index is 1220. The first-order valence-electron chi connectivity index (χ1n) is 9.08. The summed E-state index contributed by atoms with van der Waals surface area (Å²) in [5.41, 5.74) is 1.61. The summed E-state index contributed by atoms with van der Waals surface area (Å²) in [5, 5.41) is 10.7. The molecule has 0 saturated heterocycles. The van der Waals surface area contributed by atoms with Crippen molar-refractivity contribution in [1.82, 2.24) is 25.0 Å². The highest BCUT2D eigenvalue weighted by atomic mass is 32.2. The third-order valence-electron chi connectivity index (χ3n) is 4.20. The molecule has 10 heteroatoms. The number of benzene rings is 2. The number of rotatable bonds is 7. The molecule has 0 fully saturated rings. The lowest BCUT2D eigenvalue weighted by atomic mass is 10.2. The highest BCUT2D eigenvalue weighted by Crippen LogP contribution is 2.13. The average molecular weight is 424 g/mol. The van der Waals surface area contributed by atoms with Crippen LogP contribution >= 0.6 is 11.8 Å². The number of aromatic nitrogens is 5. The van der Waals surface area contributed by atoms with Gasteiger partial charge in [-0.1, -0.05) is 35.5 Å². The van der Waals surface area contributed by atoms with E-state index in [1.165, 1.54) is 28.6 Å². The molecule has 2 aromatic heterocycles. The zero-order chi connectivity index (χ0) is 20.9. The number of hydrogen-bond donors (Lipinski definition) is 2. The highest BCUT2D eigenvalue weighted by molar-refractivity contribution is 7.99. The number of anilines is 1. The second-order valence-corrected chi connectivity index (χ2v) is 7.45. The number of nitrogens with zero attached hydrogens (tertiary/aromatic N) is 4. The van der Waals surface area contributed by atoms with Gasteiger partial charge in [0.05, 0.1) is 18.1 Å². The smallest absolute Gasteiger partial charge is 0.281 e. The third-order valence-corrected chi connectivity index (χ3v) is 5.14. The Labute approximate surface area is 174 Å². The van der Waals surface area contributed by atoms with E-state index in [9.17, 15) is 14.0 Å². The number of H-pyrrole nitrogens is 1. The third kappa shape index (κ3) is 4.71. The zero-order valence-electron chi connectivity index (χ0n) is 15.7. The molecule has 0 aliphatic carbocycles. The lowest BCUT2D eigenvalue weighted by Gasteiger charge is -2.05. The highest BCUT2D eigenvalue weighted by Gasteiger charge is 2.13. The van der Waals surface area contributed by atoms with E-state index >= 15 is 0 Å². The molecule has 1 amide bonds. The van der Waals surface area contributed by atoms with E-state index in [0.717, 1.165) is 11.3 Å². The Kier molecular flexibility index (Phi) is 5.84. The second kappa shape index (κ2) is 8.87. The van der Waals surface area contributed by atoms with E-state index < -0.39 is 5.56 Å². The van der Waals surface area contributed by atoms with E-state index in [-0.39, 0.29) is 23.0 Å². The van der Waals surface area contributed by atoms with Crippen molar-refractivity contribution in [3.8, 4) is 0 Å². The van der Waals surface area contributed by atoms with Crippen LogP contribution in [-0.2, 0) is 17.1 Å². The maximum Gasteiger partial charge on any atom is 0.281 e. The molecule has 8 nitrogen and oxygen atoms in total. The number of carbonyl (C=O) groups excluding carboxylic acids is 1. The Hall–Kier alpha value is -3.53. The predicted octanol–water partition coefficient (Wildman–Crippen LogP) is 2.57. The normalized spacial score (nSPS) is 11.0. The van der Waals surface area contributed by atoms with E-state index in [0.29, 0.717) is 23.8 Å². The number of hydrogen-bond acceptors (Lipinski definition) is 6. The SMILES string of the molecule is O=C(CSCc1nc2c(nnn2Cc2ccc(F)cc2)c(=O)[nH]1)Nc1ccccc1. The number of amides is 1. The maximum absolute atomic E-state index is 13.1. The molecule has 0 aliphatic rings. The zero-order valence-corrected chi connectivity index (χ0v) is 16.5. The Morgan fingerprint density at radius 3 is 2.67 bits per heavy atom. The van der Waals surface area contributed by atoms with Crippen LogP contribution in [-0.4, -0.2) is 36.6 Å². The van der Waals surface area contributed by atoms with Crippen molar-refractivity contribution < 1.29 is 9.18 Å². The standard InChI is InChI=1S/C20H17FN6O2S/c21-14-8-6-13(7-9-14)10-27-19-18(25-26-27)20(29)24-16(23-19)11-30-12-17(28)22-15-4-2-1-3-5-15/h1-9H,10-12H2,(H,22,28)(H,23,24,29). The minimum absolute atomic E-state index is 0.132. The van der Waals surface area contributed by atoms with E-state index in [2.05, 4.69) is 25.6 Å². The number of nitrogens with one attached hydrogen (secondary N) is 2. The van der Waals surface area contributed by atoms with Gasteiger partial charge in [-0.25, -0.2) is 14.1 Å². The molecule has 4 rings (SSSR count). The fourth-order valence-electron chi connectivity index (χ4n) is 2.81. The largest absolute Gasteiger partial charge is 0.325 e. The van der Waals surface area contributed by atoms with Crippen LogP contribution in [0.2, 0.25) is 0 Å². The van der Waals surface area contributed by atoms with Gasteiger partial charge in [-0.05, 0) is 29.8 Å². The molecule has 0 spiro atoms. The van der Waals surface area contributed by atoms with Gasteiger partial charge in [-0.15, -0.1) is 16.9 Å². The summed E-state index contributed by atoms with van der Waals surface area (Å²) in [6.07, 6.45) is 0. The van der Waals surface area contributed by atoms with Gasteiger partial charge in [0.2, 0.25) is 5.91 Å². The van der Waals surface area contributed by atoms with Crippen molar-refractivity contribution in [1.29, 1.82) is 0 Å². The quantitative estimate of drug-likeness (QED) is 0.472. The molecule has 2 N–H and O–H groups in total. The van der Waals surface area contributed by atoms with Crippen molar-refractivity contribution in [3.63, 3.8) is 0 Å². The number of para-hydroxylation sites is 1. The molecular formula is C20H17FN6O2S. The van der Waals surface area contributed by atoms with Gasteiger partial charge in [0.25, 0.3) is 5.56 Å². The first-order chi connectivity index (χ1) is 14.6. The van der Waals surface area contributed by atoms with Crippen molar-refractivity contribution in [2.75, 3.05) is 11.1 Å². The molecule has 0 unspecified atom stereocenters. The van der Waals surface area contributed by atoms with Crippen LogP contribution in [0.1, 0.15) is 11.4 Å². The number of carbonyl (C=O) groups is 1. The monoisotopic (exact) mass is 424 g/mol. The summed E-state index contributed by atoms with van der Waals surface area (Å²) in [6.45, 7) is 0.305. The first kappa shape index (κ1) is 19.8. The molecule has 2 heterocycles. The van der Waals surface area contributed by atoms with Crippen molar-refractivity contribution in [2.24, 2.45) is 0 Å². The van der Waals surface area contributed by atoms with Crippen LogP contribution in [0.4, 0.5) is 10.1 Å². The van der Waals surface area contributed by atoms with Gasteiger partial charge < -0.3 is 10.3 Å². The second-order valence-electron chi connectivity index (χ2n) is 6.47. The van der Waals surface area contributed by atoms with Crippen molar-refractivity contribution >= 4 is 34.5 Å². The number of aromatic amines is 1. The van der Waals surface area contributed by atoms with Gasteiger partial charge in [0.1, 0.15) is 11.6 Å². The average Bonchev–Trinajstić information content (AvgIpc) is 3.14. The number of fused-ring (bicyclic) bond motifs is 1. The van der Waals surface area contributed by atoms with E-state index in [1.807, 2.05) is 30.3 Å². The summed E-state index contributed by atoms with van der Waals surface area (Å²) >= 11 is 1.33. The number of halogens is 1. The first-order valence-corrected chi connectivity index (χ1v) is 10.2.